The van der Waals surface area contributed by atoms with E-state index in [9.17, 15) is 9.90 Å². The lowest BCUT2D eigenvalue weighted by molar-refractivity contribution is -0.0777. The molecular weight excluding hydrogens is 360 g/mol. The molecule has 0 saturated carbocycles. The number of hydrogen-bond donors (Lipinski definition) is 2. The van der Waals surface area contributed by atoms with Crippen LogP contribution in [0.15, 0.2) is 57.9 Å². The van der Waals surface area contributed by atoms with Gasteiger partial charge in [0.2, 0.25) is 5.43 Å². The first kappa shape index (κ1) is 20.1. The normalized spacial score (nSPS) is 14.6. The SMILES string of the molecule is COc1ccc(-c2coc3c(C(C)OC(C)C(O)CO)cccc3c2=O)cc1. The van der Waals surface area contributed by atoms with Crippen molar-refractivity contribution in [3.8, 4) is 16.9 Å². The lowest BCUT2D eigenvalue weighted by Crippen LogP contribution is -2.30. The van der Waals surface area contributed by atoms with Gasteiger partial charge in [-0.3, -0.25) is 4.79 Å². The van der Waals surface area contributed by atoms with Crippen LogP contribution in [0.5, 0.6) is 5.75 Å². The Labute approximate surface area is 163 Å². The van der Waals surface area contributed by atoms with E-state index in [4.69, 9.17) is 19.0 Å². The average Bonchev–Trinajstić information content (AvgIpc) is 2.73. The molecule has 3 unspecified atom stereocenters. The van der Waals surface area contributed by atoms with Crippen molar-refractivity contribution in [2.45, 2.75) is 32.2 Å². The number of ether oxygens (including phenoxy) is 2. The van der Waals surface area contributed by atoms with E-state index >= 15 is 0 Å². The van der Waals surface area contributed by atoms with Crippen LogP contribution >= 0.6 is 0 Å². The second-order valence-electron chi connectivity index (χ2n) is 6.66. The molecule has 3 aromatic rings. The minimum Gasteiger partial charge on any atom is -0.497 e. The Morgan fingerprint density at radius 1 is 1.11 bits per heavy atom. The summed E-state index contributed by atoms with van der Waals surface area (Å²) >= 11 is 0. The van der Waals surface area contributed by atoms with Crippen LogP contribution in [0.1, 0.15) is 25.5 Å². The van der Waals surface area contributed by atoms with Gasteiger partial charge in [0.25, 0.3) is 0 Å². The molecule has 0 aliphatic rings. The molecule has 6 heteroatoms. The van der Waals surface area contributed by atoms with E-state index < -0.39 is 18.3 Å². The Balaban J connectivity index is 1.99. The van der Waals surface area contributed by atoms with Gasteiger partial charge < -0.3 is 24.1 Å². The smallest absolute Gasteiger partial charge is 0.200 e. The van der Waals surface area contributed by atoms with Gasteiger partial charge in [-0.15, -0.1) is 0 Å². The van der Waals surface area contributed by atoms with Gasteiger partial charge in [-0.25, -0.2) is 0 Å². The first-order chi connectivity index (χ1) is 13.5. The van der Waals surface area contributed by atoms with Crippen molar-refractivity contribution >= 4 is 11.0 Å². The quantitative estimate of drug-likeness (QED) is 0.650. The fourth-order valence-electron chi connectivity index (χ4n) is 3.11. The Kier molecular flexibility index (Phi) is 6.14. The van der Waals surface area contributed by atoms with Crippen molar-refractivity contribution in [3.05, 3.63) is 64.5 Å². The fraction of sp³-hybridized carbons (Fsp3) is 0.318. The van der Waals surface area contributed by atoms with Gasteiger partial charge >= 0.3 is 0 Å². The topological polar surface area (TPSA) is 89.1 Å². The molecule has 0 spiro atoms. The van der Waals surface area contributed by atoms with Crippen LogP contribution in [0.4, 0.5) is 0 Å². The van der Waals surface area contributed by atoms with Gasteiger partial charge in [0.15, 0.2) is 0 Å². The fourth-order valence-corrected chi connectivity index (χ4v) is 3.11. The third-order valence-electron chi connectivity index (χ3n) is 4.82. The number of rotatable bonds is 7. The maximum absolute atomic E-state index is 13.0. The molecule has 148 valence electrons. The predicted octanol–water partition coefficient (Wildman–Crippen LogP) is 3.29. The van der Waals surface area contributed by atoms with Gasteiger partial charge in [0.05, 0.1) is 36.9 Å². The minimum absolute atomic E-state index is 0.135. The van der Waals surface area contributed by atoms with Crippen LogP contribution in [-0.2, 0) is 4.74 Å². The zero-order valence-electron chi connectivity index (χ0n) is 16.1. The highest BCUT2D eigenvalue weighted by molar-refractivity contribution is 5.84. The summed E-state index contributed by atoms with van der Waals surface area (Å²) in [6.07, 6.45) is -0.532. The minimum atomic E-state index is -0.980. The van der Waals surface area contributed by atoms with Crippen molar-refractivity contribution in [3.63, 3.8) is 0 Å². The van der Waals surface area contributed by atoms with Crippen molar-refractivity contribution in [2.75, 3.05) is 13.7 Å². The summed E-state index contributed by atoms with van der Waals surface area (Å²) in [6.45, 7) is 3.11. The molecule has 1 aromatic heterocycles. The molecule has 6 nitrogen and oxygen atoms in total. The molecule has 2 N–H and O–H groups in total. The molecule has 3 atom stereocenters. The summed E-state index contributed by atoms with van der Waals surface area (Å²) in [5.41, 5.74) is 2.22. The van der Waals surface area contributed by atoms with Crippen molar-refractivity contribution in [1.82, 2.24) is 0 Å². The molecule has 0 amide bonds. The van der Waals surface area contributed by atoms with E-state index in [0.717, 1.165) is 5.56 Å². The van der Waals surface area contributed by atoms with Gasteiger partial charge in [-0.1, -0.05) is 24.3 Å². The van der Waals surface area contributed by atoms with Crippen molar-refractivity contribution in [1.29, 1.82) is 0 Å². The summed E-state index contributed by atoms with van der Waals surface area (Å²) in [6, 6.07) is 12.5. The summed E-state index contributed by atoms with van der Waals surface area (Å²) in [7, 11) is 1.59. The highest BCUT2D eigenvalue weighted by Crippen LogP contribution is 2.29. The van der Waals surface area contributed by atoms with Gasteiger partial charge in [0.1, 0.15) is 23.7 Å². The third-order valence-corrected chi connectivity index (χ3v) is 4.82. The van der Waals surface area contributed by atoms with Gasteiger partial charge in [-0.2, -0.15) is 0 Å². The van der Waals surface area contributed by atoms with Gasteiger partial charge in [-0.05, 0) is 37.6 Å². The number of methoxy groups -OCH3 is 1. The second kappa shape index (κ2) is 8.56. The zero-order chi connectivity index (χ0) is 20.3. The summed E-state index contributed by atoms with van der Waals surface area (Å²) in [4.78, 5) is 13.0. The molecule has 0 saturated heterocycles. The summed E-state index contributed by atoms with van der Waals surface area (Å²) in [5, 5.41) is 19.2. The molecular formula is C22H24O6. The van der Waals surface area contributed by atoms with Crippen LogP contribution in [0.25, 0.3) is 22.1 Å². The Morgan fingerprint density at radius 2 is 1.82 bits per heavy atom. The number of hydrogen-bond acceptors (Lipinski definition) is 6. The first-order valence-electron chi connectivity index (χ1n) is 9.09. The Hall–Kier alpha value is -2.67. The van der Waals surface area contributed by atoms with Crippen LogP contribution in [-0.4, -0.2) is 36.1 Å². The molecule has 0 bridgehead atoms. The Morgan fingerprint density at radius 3 is 2.46 bits per heavy atom. The summed E-state index contributed by atoms with van der Waals surface area (Å²) in [5.74, 6) is 0.710. The van der Waals surface area contributed by atoms with Crippen LogP contribution in [0.3, 0.4) is 0 Å². The second-order valence-corrected chi connectivity index (χ2v) is 6.66. The largest absolute Gasteiger partial charge is 0.497 e. The Bertz CT molecular complexity index is 992. The number of para-hydroxylation sites is 1. The first-order valence-corrected chi connectivity index (χ1v) is 9.09. The molecule has 3 rings (SSSR count). The van der Waals surface area contributed by atoms with Crippen LogP contribution < -0.4 is 10.2 Å². The monoisotopic (exact) mass is 384 g/mol. The van der Waals surface area contributed by atoms with E-state index in [1.54, 1.807) is 38.3 Å². The van der Waals surface area contributed by atoms with E-state index in [2.05, 4.69) is 0 Å². The predicted molar refractivity (Wildman–Crippen MR) is 107 cm³/mol. The third kappa shape index (κ3) is 3.94. The molecule has 28 heavy (non-hydrogen) atoms. The van der Waals surface area contributed by atoms with E-state index in [-0.39, 0.29) is 12.0 Å². The number of aliphatic hydroxyl groups excluding tert-OH is 2. The maximum Gasteiger partial charge on any atom is 0.200 e. The lowest BCUT2D eigenvalue weighted by atomic mass is 10.0. The summed E-state index contributed by atoms with van der Waals surface area (Å²) < 4.78 is 16.8. The highest BCUT2D eigenvalue weighted by Gasteiger charge is 2.21. The van der Waals surface area contributed by atoms with Crippen LogP contribution in [0.2, 0.25) is 0 Å². The van der Waals surface area contributed by atoms with E-state index in [1.807, 2.05) is 25.1 Å². The maximum atomic E-state index is 13.0. The average molecular weight is 384 g/mol. The van der Waals surface area contributed by atoms with Gasteiger partial charge in [0, 0.05) is 5.56 Å². The number of aliphatic hydroxyl groups is 2. The molecule has 0 aliphatic heterocycles. The van der Waals surface area contributed by atoms with Crippen LogP contribution in [0, 0.1) is 0 Å². The van der Waals surface area contributed by atoms with Crippen molar-refractivity contribution in [2.24, 2.45) is 0 Å². The van der Waals surface area contributed by atoms with Crippen molar-refractivity contribution < 1.29 is 24.1 Å². The lowest BCUT2D eigenvalue weighted by Gasteiger charge is -2.23. The molecule has 0 radical (unpaired) electrons. The molecule has 0 aliphatic carbocycles. The number of fused-ring (bicyclic) bond motifs is 1. The van der Waals surface area contributed by atoms with E-state index in [0.29, 0.717) is 27.8 Å². The van der Waals surface area contributed by atoms with E-state index in [1.165, 1.54) is 6.26 Å². The molecule has 1 heterocycles. The molecule has 0 fully saturated rings. The standard InChI is InChI=1S/C22H24O6/c1-13(28-14(2)20(24)11-23)17-5-4-6-18-21(25)19(12-27-22(17)18)15-7-9-16(26-3)10-8-15/h4-10,12-14,20,23-24H,11H2,1-3H3. The highest BCUT2D eigenvalue weighted by atomic mass is 16.5. The number of benzene rings is 2. The molecule has 2 aromatic carbocycles. The zero-order valence-corrected chi connectivity index (χ0v) is 16.1.